The van der Waals surface area contributed by atoms with Crippen LogP contribution < -0.4 is 0 Å². The molecule has 0 unspecified atom stereocenters. The number of carbonyl (C=O) groups excluding carboxylic acids is 2. The van der Waals surface area contributed by atoms with Crippen LogP contribution in [0.15, 0.2) is 23.1 Å². The maximum atomic E-state index is 13.6. The Labute approximate surface area is 121 Å². The molecule has 20 heavy (non-hydrogen) atoms. The van der Waals surface area contributed by atoms with E-state index in [2.05, 4.69) is 0 Å². The zero-order valence-electron chi connectivity index (χ0n) is 11.3. The number of nitrogens with zero attached hydrogens (tertiary/aromatic N) is 2. The SMILES string of the molecule is Cc1ccc(SCC(=O)N2CCN(C=O)CC2)c(F)c1. The van der Waals surface area contributed by atoms with Gasteiger partial charge in [0.25, 0.3) is 0 Å². The van der Waals surface area contributed by atoms with Gasteiger partial charge in [-0.3, -0.25) is 9.59 Å². The molecule has 0 saturated carbocycles. The molecule has 108 valence electrons. The van der Waals surface area contributed by atoms with Gasteiger partial charge in [-0.15, -0.1) is 11.8 Å². The molecule has 1 aromatic carbocycles. The Hall–Kier alpha value is -1.56. The maximum absolute atomic E-state index is 13.6. The van der Waals surface area contributed by atoms with Gasteiger partial charge in [0.15, 0.2) is 0 Å². The van der Waals surface area contributed by atoms with E-state index in [0.717, 1.165) is 12.0 Å². The third-order valence-corrected chi connectivity index (χ3v) is 4.29. The highest BCUT2D eigenvalue weighted by atomic mass is 32.2. The Morgan fingerprint density at radius 1 is 1.35 bits per heavy atom. The van der Waals surface area contributed by atoms with Crippen molar-refractivity contribution in [3.05, 3.63) is 29.6 Å². The van der Waals surface area contributed by atoms with Crippen LogP contribution in [0.5, 0.6) is 0 Å². The number of amides is 2. The van der Waals surface area contributed by atoms with Gasteiger partial charge in [-0.1, -0.05) is 6.07 Å². The summed E-state index contributed by atoms with van der Waals surface area (Å²) in [7, 11) is 0. The third-order valence-electron chi connectivity index (χ3n) is 3.25. The van der Waals surface area contributed by atoms with Gasteiger partial charge in [0, 0.05) is 31.1 Å². The van der Waals surface area contributed by atoms with Crippen molar-refractivity contribution in [2.24, 2.45) is 0 Å². The monoisotopic (exact) mass is 296 g/mol. The number of rotatable bonds is 4. The summed E-state index contributed by atoms with van der Waals surface area (Å²) in [6.45, 7) is 4.07. The van der Waals surface area contributed by atoms with E-state index in [1.54, 1.807) is 15.9 Å². The van der Waals surface area contributed by atoms with Crippen molar-refractivity contribution >= 4 is 24.1 Å². The molecular weight excluding hydrogens is 279 g/mol. The quantitative estimate of drug-likeness (QED) is 0.625. The van der Waals surface area contributed by atoms with Crippen molar-refractivity contribution in [3.8, 4) is 0 Å². The lowest BCUT2D eigenvalue weighted by molar-refractivity contribution is -0.132. The summed E-state index contributed by atoms with van der Waals surface area (Å²) in [4.78, 5) is 26.5. The average Bonchev–Trinajstić information content (AvgIpc) is 2.46. The molecule has 2 rings (SSSR count). The Morgan fingerprint density at radius 3 is 2.65 bits per heavy atom. The van der Waals surface area contributed by atoms with Gasteiger partial charge in [-0.25, -0.2) is 4.39 Å². The van der Waals surface area contributed by atoms with Gasteiger partial charge in [-0.05, 0) is 24.6 Å². The van der Waals surface area contributed by atoms with Crippen LogP contribution in [-0.4, -0.2) is 54.0 Å². The van der Waals surface area contributed by atoms with E-state index in [9.17, 15) is 14.0 Å². The third kappa shape index (κ3) is 3.72. The first-order valence-corrected chi connectivity index (χ1v) is 7.45. The molecule has 1 aromatic rings. The number of halogens is 1. The zero-order chi connectivity index (χ0) is 14.5. The molecule has 0 spiro atoms. The Morgan fingerprint density at radius 2 is 2.05 bits per heavy atom. The van der Waals surface area contributed by atoms with E-state index in [1.807, 2.05) is 13.0 Å². The summed E-state index contributed by atoms with van der Waals surface area (Å²) in [5.41, 5.74) is 0.864. The standard InChI is InChI=1S/C14H17FN2O2S/c1-11-2-3-13(12(15)8-11)20-9-14(19)17-6-4-16(10-18)5-7-17/h2-3,8,10H,4-7,9H2,1H3. The summed E-state index contributed by atoms with van der Waals surface area (Å²) >= 11 is 1.21. The van der Waals surface area contributed by atoms with E-state index in [-0.39, 0.29) is 17.5 Å². The van der Waals surface area contributed by atoms with E-state index in [0.29, 0.717) is 31.1 Å². The van der Waals surface area contributed by atoms with Crippen molar-refractivity contribution in [1.82, 2.24) is 9.80 Å². The van der Waals surface area contributed by atoms with E-state index in [1.165, 1.54) is 17.8 Å². The minimum atomic E-state index is -0.284. The van der Waals surface area contributed by atoms with Gasteiger partial charge in [-0.2, -0.15) is 0 Å². The van der Waals surface area contributed by atoms with Gasteiger partial charge < -0.3 is 9.80 Å². The van der Waals surface area contributed by atoms with Gasteiger partial charge in [0.1, 0.15) is 5.82 Å². The minimum Gasteiger partial charge on any atom is -0.342 e. The highest BCUT2D eigenvalue weighted by Crippen LogP contribution is 2.23. The molecular formula is C14H17FN2O2S. The molecule has 0 aliphatic carbocycles. The molecule has 1 fully saturated rings. The molecule has 4 nitrogen and oxygen atoms in total. The Balaban J connectivity index is 1.85. The van der Waals surface area contributed by atoms with E-state index < -0.39 is 0 Å². The van der Waals surface area contributed by atoms with E-state index >= 15 is 0 Å². The summed E-state index contributed by atoms with van der Waals surface area (Å²) in [6.07, 6.45) is 0.804. The summed E-state index contributed by atoms with van der Waals surface area (Å²) < 4.78 is 13.6. The topological polar surface area (TPSA) is 40.6 Å². The number of hydrogen-bond acceptors (Lipinski definition) is 3. The first kappa shape index (κ1) is 14.8. The predicted octanol–water partition coefficient (Wildman–Crippen LogP) is 1.53. The number of piperazine rings is 1. The number of benzene rings is 1. The molecule has 1 saturated heterocycles. The maximum Gasteiger partial charge on any atom is 0.233 e. The number of thioether (sulfide) groups is 1. The molecule has 0 N–H and O–H groups in total. The van der Waals surface area contributed by atoms with Crippen molar-refractivity contribution < 1.29 is 14.0 Å². The molecule has 0 bridgehead atoms. The van der Waals surface area contributed by atoms with Gasteiger partial charge >= 0.3 is 0 Å². The van der Waals surface area contributed by atoms with Crippen LogP contribution in [0.1, 0.15) is 5.56 Å². The first-order chi connectivity index (χ1) is 9.60. The smallest absolute Gasteiger partial charge is 0.233 e. The highest BCUT2D eigenvalue weighted by molar-refractivity contribution is 8.00. The molecule has 0 atom stereocenters. The highest BCUT2D eigenvalue weighted by Gasteiger charge is 2.20. The molecule has 2 amide bonds. The van der Waals surface area contributed by atoms with Crippen LogP contribution in [0.3, 0.4) is 0 Å². The number of hydrogen-bond donors (Lipinski definition) is 0. The molecule has 0 aromatic heterocycles. The predicted molar refractivity (Wildman–Crippen MR) is 76.1 cm³/mol. The number of aryl methyl sites for hydroxylation is 1. The van der Waals surface area contributed by atoms with Crippen molar-refractivity contribution in [3.63, 3.8) is 0 Å². The fourth-order valence-corrected chi connectivity index (χ4v) is 2.85. The summed E-state index contributed by atoms with van der Waals surface area (Å²) in [5, 5.41) is 0. The average molecular weight is 296 g/mol. The second-order valence-corrected chi connectivity index (χ2v) is 5.76. The van der Waals surface area contributed by atoms with Crippen molar-refractivity contribution in [1.29, 1.82) is 0 Å². The van der Waals surface area contributed by atoms with Crippen LogP contribution >= 0.6 is 11.8 Å². The van der Waals surface area contributed by atoms with Crippen molar-refractivity contribution in [2.45, 2.75) is 11.8 Å². The lowest BCUT2D eigenvalue weighted by Crippen LogP contribution is -2.48. The van der Waals surface area contributed by atoms with Crippen LogP contribution in [-0.2, 0) is 9.59 Å². The van der Waals surface area contributed by atoms with Gasteiger partial charge in [0.05, 0.1) is 5.75 Å². The molecule has 1 aliphatic rings. The molecule has 6 heteroatoms. The molecule has 1 heterocycles. The Kier molecular flexibility index (Phi) is 5.00. The van der Waals surface area contributed by atoms with Gasteiger partial charge in [0.2, 0.25) is 12.3 Å². The summed E-state index contributed by atoms with van der Waals surface area (Å²) in [6, 6.07) is 5.00. The molecule has 1 aliphatic heterocycles. The fraction of sp³-hybridized carbons (Fsp3) is 0.429. The van der Waals surface area contributed by atoms with Crippen LogP contribution in [0.25, 0.3) is 0 Å². The second-order valence-electron chi connectivity index (χ2n) is 4.74. The Bertz CT molecular complexity index is 502. The first-order valence-electron chi connectivity index (χ1n) is 6.46. The summed E-state index contributed by atoms with van der Waals surface area (Å²) in [5.74, 6) is -0.0738. The van der Waals surface area contributed by atoms with Crippen LogP contribution in [0.4, 0.5) is 4.39 Å². The van der Waals surface area contributed by atoms with Crippen LogP contribution in [0.2, 0.25) is 0 Å². The minimum absolute atomic E-state index is 0.0134. The molecule has 0 radical (unpaired) electrons. The van der Waals surface area contributed by atoms with E-state index in [4.69, 9.17) is 0 Å². The fourth-order valence-electron chi connectivity index (χ4n) is 2.03. The normalized spacial score (nSPS) is 15.3. The second kappa shape index (κ2) is 6.74. The van der Waals surface area contributed by atoms with Crippen LogP contribution in [0, 0.1) is 12.7 Å². The number of carbonyl (C=O) groups is 2. The van der Waals surface area contributed by atoms with Crippen molar-refractivity contribution in [2.75, 3.05) is 31.9 Å². The lowest BCUT2D eigenvalue weighted by atomic mass is 10.2. The lowest BCUT2D eigenvalue weighted by Gasteiger charge is -2.32. The largest absolute Gasteiger partial charge is 0.342 e. The zero-order valence-corrected chi connectivity index (χ0v) is 12.2.